The van der Waals surface area contributed by atoms with Crippen molar-refractivity contribution in [2.24, 2.45) is 5.41 Å². The first-order chi connectivity index (χ1) is 7.73. The Bertz CT molecular complexity index is 269. The van der Waals surface area contributed by atoms with Crippen molar-refractivity contribution in [1.82, 2.24) is 4.90 Å². The topological polar surface area (TPSA) is 27.0 Å². The van der Waals surface area contributed by atoms with Crippen LogP contribution >= 0.6 is 23.5 Å². The van der Waals surface area contributed by atoms with E-state index in [0.717, 1.165) is 13.0 Å². The molecular weight excluding hydrogens is 236 g/mol. The first-order valence-electron chi connectivity index (χ1n) is 6.04. The van der Waals surface area contributed by atoms with Crippen LogP contribution in [0.1, 0.15) is 19.8 Å². The van der Waals surface area contributed by atoms with Crippen molar-refractivity contribution in [3.8, 4) is 6.07 Å². The lowest BCUT2D eigenvalue weighted by molar-refractivity contribution is 0.117. The standard InChI is InChI=1S/C12H20N2S2/c1-12(9-13)3-2-4-14(10-12)11-7-15-5-6-16-8-11/h11H,2-8,10H2,1H3/t12-/m1/s1. The van der Waals surface area contributed by atoms with Gasteiger partial charge in [-0.3, -0.25) is 4.90 Å². The summed E-state index contributed by atoms with van der Waals surface area (Å²) in [6.07, 6.45) is 2.27. The van der Waals surface area contributed by atoms with E-state index in [2.05, 4.69) is 41.4 Å². The van der Waals surface area contributed by atoms with Crippen molar-refractivity contribution in [2.75, 3.05) is 36.1 Å². The predicted molar refractivity (Wildman–Crippen MR) is 73.0 cm³/mol. The molecule has 2 aliphatic heterocycles. The summed E-state index contributed by atoms with van der Waals surface area (Å²) in [6, 6.07) is 3.21. The van der Waals surface area contributed by atoms with Gasteiger partial charge in [0, 0.05) is 35.6 Å². The molecule has 0 aromatic heterocycles. The van der Waals surface area contributed by atoms with Gasteiger partial charge in [-0.2, -0.15) is 28.8 Å². The number of piperidine rings is 1. The fourth-order valence-electron chi connectivity index (χ4n) is 2.50. The van der Waals surface area contributed by atoms with Crippen molar-refractivity contribution in [1.29, 1.82) is 5.26 Å². The van der Waals surface area contributed by atoms with Crippen molar-refractivity contribution in [2.45, 2.75) is 25.8 Å². The fraction of sp³-hybridized carbons (Fsp3) is 0.917. The lowest BCUT2D eigenvalue weighted by atomic mass is 9.83. The van der Waals surface area contributed by atoms with Gasteiger partial charge in [0.2, 0.25) is 0 Å². The molecule has 0 amide bonds. The fourth-order valence-corrected chi connectivity index (χ4v) is 5.12. The van der Waals surface area contributed by atoms with Crippen LogP contribution in [0.4, 0.5) is 0 Å². The summed E-state index contributed by atoms with van der Waals surface area (Å²) in [5, 5.41) is 9.23. The number of likely N-dealkylation sites (tertiary alicyclic amines) is 1. The first kappa shape index (κ1) is 12.6. The largest absolute Gasteiger partial charge is 0.297 e. The molecule has 2 nitrogen and oxygen atoms in total. The molecule has 0 aliphatic carbocycles. The average Bonchev–Trinajstić information content (AvgIpc) is 2.58. The van der Waals surface area contributed by atoms with Crippen molar-refractivity contribution >= 4 is 23.5 Å². The normalized spacial score (nSPS) is 34.2. The molecule has 1 atom stereocenters. The third kappa shape index (κ3) is 3.09. The zero-order valence-electron chi connectivity index (χ0n) is 9.95. The van der Waals surface area contributed by atoms with Crippen LogP contribution in [-0.2, 0) is 0 Å². The molecule has 2 saturated heterocycles. The minimum atomic E-state index is -0.0973. The Balaban J connectivity index is 1.95. The average molecular weight is 256 g/mol. The van der Waals surface area contributed by atoms with Gasteiger partial charge in [0.1, 0.15) is 0 Å². The maximum absolute atomic E-state index is 9.23. The van der Waals surface area contributed by atoms with E-state index >= 15 is 0 Å². The Morgan fingerprint density at radius 3 is 2.62 bits per heavy atom. The summed E-state index contributed by atoms with van der Waals surface area (Å²) in [7, 11) is 0. The Labute approximate surface area is 107 Å². The van der Waals surface area contributed by atoms with E-state index in [1.807, 2.05) is 0 Å². The minimum Gasteiger partial charge on any atom is -0.297 e. The molecule has 0 unspecified atom stereocenters. The molecule has 0 saturated carbocycles. The Morgan fingerprint density at radius 1 is 1.31 bits per heavy atom. The number of thioether (sulfide) groups is 2. The molecule has 0 aromatic rings. The molecule has 4 heteroatoms. The lowest BCUT2D eigenvalue weighted by Crippen LogP contribution is -2.48. The van der Waals surface area contributed by atoms with Gasteiger partial charge >= 0.3 is 0 Å². The van der Waals surface area contributed by atoms with Crippen LogP contribution in [0, 0.1) is 16.7 Å². The molecule has 2 aliphatic rings. The van der Waals surface area contributed by atoms with E-state index < -0.39 is 0 Å². The zero-order chi connectivity index (χ0) is 11.4. The third-order valence-electron chi connectivity index (χ3n) is 3.50. The number of nitriles is 1. The van der Waals surface area contributed by atoms with Crippen LogP contribution < -0.4 is 0 Å². The van der Waals surface area contributed by atoms with E-state index in [0.29, 0.717) is 6.04 Å². The smallest absolute Gasteiger partial charge is 0.0700 e. The number of hydrogen-bond acceptors (Lipinski definition) is 4. The Kier molecular flexibility index (Phi) is 4.46. The van der Waals surface area contributed by atoms with Crippen LogP contribution in [0.15, 0.2) is 0 Å². The first-order valence-corrected chi connectivity index (χ1v) is 8.35. The van der Waals surface area contributed by atoms with Gasteiger partial charge in [-0.15, -0.1) is 0 Å². The summed E-state index contributed by atoms with van der Waals surface area (Å²) in [6.45, 7) is 4.30. The van der Waals surface area contributed by atoms with Gasteiger partial charge in [0.15, 0.2) is 0 Å². The molecule has 90 valence electrons. The van der Waals surface area contributed by atoms with Gasteiger partial charge < -0.3 is 0 Å². The van der Waals surface area contributed by atoms with Gasteiger partial charge in [0.25, 0.3) is 0 Å². The van der Waals surface area contributed by atoms with Crippen LogP contribution in [0.5, 0.6) is 0 Å². The number of hydrogen-bond donors (Lipinski definition) is 0. The molecule has 0 N–H and O–H groups in total. The van der Waals surface area contributed by atoms with Crippen molar-refractivity contribution < 1.29 is 0 Å². The molecule has 0 radical (unpaired) electrons. The molecule has 2 fully saturated rings. The second-order valence-corrected chi connectivity index (χ2v) is 7.35. The molecule has 16 heavy (non-hydrogen) atoms. The SMILES string of the molecule is C[C@]1(C#N)CCCN(C2CSCCSC2)C1. The maximum Gasteiger partial charge on any atom is 0.0700 e. The van der Waals surface area contributed by atoms with Crippen LogP contribution in [0.3, 0.4) is 0 Å². The second-order valence-electron chi connectivity index (χ2n) is 5.05. The summed E-state index contributed by atoms with van der Waals surface area (Å²) in [4.78, 5) is 2.57. The van der Waals surface area contributed by atoms with E-state index in [-0.39, 0.29) is 5.41 Å². The van der Waals surface area contributed by atoms with Gasteiger partial charge in [0.05, 0.1) is 11.5 Å². The van der Waals surface area contributed by atoms with E-state index in [4.69, 9.17) is 0 Å². The number of rotatable bonds is 1. The van der Waals surface area contributed by atoms with Gasteiger partial charge in [-0.1, -0.05) is 0 Å². The molecule has 2 heterocycles. The molecular formula is C12H20N2S2. The summed E-state index contributed by atoms with van der Waals surface area (Å²) < 4.78 is 0. The Hall–Kier alpha value is 0.150. The van der Waals surface area contributed by atoms with Crippen LogP contribution in [-0.4, -0.2) is 47.0 Å². The van der Waals surface area contributed by atoms with Crippen molar-refractivity contribution in [3.05, 3.63) is 0 Å². The Morgan fingerprint density at radius 2 is 2.00 bits per heavy atom. The highest BCUT2D eigenvalue weighted by atomic mass is 32.2. The minimum absolute atomic E-state index is 0.0973. The van der Waals surface area contributed by atoms with Crippen molar-refractivity contribution in [3.63, 3.8) is 0 Å². The quantitative estimate of drug-likeness (QED) is 0.720. The number of nitrogens with zero attached hydrogens (tertiary/aromatic N) is 2. The van der Waals surface area contributed by atoms with Gasteiger partial charge in [-0.25, -0.2) is 0 Å². The van der Waals surface area contributed by atoms with E-state index in [1.54, 1.807) is 0 Å². The zero-order valence-corrected chi connectivity index (χ0v) is 11.6. The van der Waals surface area contributed by atoms with E-state index in [1.165, 1.54) is 36.0 Å². The van der Waals surface area contributed by atoms with Gasteiger partial charge in [-0.05, 0) is 26.3 Å². The summed E-state index contributed by atoms with van der Waals surface area (Å²) in [5.74, 6) is 5.11. The lowest BCUT2D eigenvalue weighted by Gasteiger charge is -2.40. The second kappa shape index (κ2) is 5.66. The highest BCUT2D eigenvalue weighted by Crippen LogP contribution is 2.31. The molecule has 2 rings (SSSR count). The monoisotopic (exact) mass is 256 g/mol. The molecule has 0 bridgehead atoms. The van der Waals surface area contributed by atoms with E-state index in [9.17, 15) is 5.26 Å². The van der Waals surface area contributed by atoms with Crippen LogP contribution in [0.25, 0.3) is 0 Å². The summed E-state index contributed by atoms with van der Waals surface area (Å²) >= 11 is 4.16. The predicted octanol–water partition coefficient (Wildman–Crippen LogP) is 2.46. The molecule has 0 spiro atoms. The van der Waals surface area contributed by atoms with Crippen LogP contribution in [0.2, 0.25) is 0 Å². The maximum atomic E-state index is 9.23. The highest BCUT2D eigenvalue weighted by Gasteiger charge is 2.34. The molecule has 0 aromatic carbocycles. The highest BCUT2D eigenvalue weighted by molar-refractivity contribution is 8.03. The third-order valence-corrected chi connectivity index (χ3v) is 5.99. The summed E-state index contributed by atoms with van der Waals surface area (Å²) in [5.41, 5.74) is -0.0973.